The zero-order chi connectivity index (χ0) is 45.1. The molecule has 0 atom stereocenters. The van der Waals surface area contributed by atoms with Gasteiger partial charge in [0.2, 0.25) is 0 Å². The third kappa shape index (κ3) is 5.13. The molecule has 7 aromatic carbocycles. The molecule has 0 saturated carbocycles. The van der Waals surface area contributed by atoms with Crippen molar-refractivity contribution in [2.75, 3.05) is 4.81 Å². The minimum atomic E-state index is -0.143. The summed E-state index contributed by atoms with van der Waals surface area (Å²) in [6, 6.07) is 46.1. The molecule has 2 aliphatic carbocycles. The van der Waals surface area contributed by atoms with Crippen LogP contribution in [0.4, 0.5) is 11.4 Å². The summed E-state index contributed by atoms with van der Waals surface area (Å²) in [6.07, 6.45) is 2.38. The van der Waals surface area contributed by atoms with E-state index in [0.717, 1.165) is 0 Å². The molecule has 0 bridgehead atoms. The fourth-order valence-corrected chi connectivity index (χ4v) is 14.2. The Morgan fingerprint density at radius 3 is 1.94 bits per heavy atom. The molecule has 2 aromatic heterocycles. The van der Waals surface area contributed by atoms with E-state index in [-0.39, 0.29) is 33.9 Å². The fourth-order valence-electron chi connectivity index (χ4n) is 12.9. The Morgan fingerprint density at radius 1 is 0.554 bits per heavy atom. The van der Waals surface area contributed by atoms with Crippen molar-refractivity contribution in [1.82, 2.24) is 4.57 Å². The lowest BCUT2D eigenvalue weighted by Crippen LogP contribution is -2.60. The zero-order valence-electron chi connectivity index (χ0n) is 40.3. The molecule has 0 spiro atoms. The summed E-state index contributed by atoms with van der Waals surface area (Å²) < 4.78 is 5.52. The number of aromatic nitrogens is 1. The quantitative estimate of drug-likeness (QED) is 0.149. The Bertz CT molecular complexity index is 3600. The SMILES string of the molecule is CC(C)(C)c1ccc(N2B3c4cc(C(C)(C)C)ccc4-n4c5cc6c(cc5c5c7sc8ccccc8c7c(c3c54)-c3cc4c(cc32)-c2ccccc2C4(C)C)C(C)(C)CCC6(C)C)cc1. The summed E-state index contributed by atoms with van der Waals surface area (Å²) in [5.74, 6) is 0. The van der Waals surface area contributed by atoms with Crippen molar-refractivity contribution in [3.63, 3.8) is 0 Å². The smallest absolute Gasteiger partial charge is 0.333 e. The Balaban J connectivity index is 1.28. The van der Waals surface area contributed by atoms with Crippen LogP contribution in [0.2, 0.25) is 0 Å². The van der Waals surface area contributed by atoms with E-state index < -0.39 is 0 Å². The highest BCUT2D eigenvalue weighted by Crippen LogP contribution is 2.58. The molecule has 4 heterocycles. The third-order valence-electron chi connectivity index (χ3n) is 16.7. The summed E-state index contributed by atoms with van der Waals surface area (Å²) in [4.78, 5) is 2.77. The first kappa shape index (κ1) is 39.8. The van der Waals surface area contributed by atoms with E-state index in [1.807, 2.05) is 11.3 Å². The van der Waals surface area contributed by atoms with Crippen LogP contribution >= 0.6 is 11.3 Å². The zero-order valence-corrected chi connectivity index (χ0v) is 41.1. The first-order chi connectivity index (χ1) is 30.8. The maximum Gasteiger partial charge on any atom is 0.333 e. The number of anilines is 2. The van der Waals surface area contributed by atoms with Crippen LogP contribution in [0.1, 0.15) is 129 Å². The Morgan fingerprint density at radius 2 is 1.22 bits per heavy atom. The van der Waals surface area contributed by atoms with E-state index in [9.17, 15) is 0 Å². The largest absolute Gasteiger partial charge is 0.376 e. The van der Waals surface area contributed by atoms with Gasteiger partial charge in [0.05, 0.1) is 11.0 Å². The Hall–Kier alpha value is -5.58. The number of benzene rings is 7. The molecular weight excluding hydrogens is 804 g/mol. The molecule has 65 heavy (non-hydrogen) atoms. The fraction of sp³-hybridized carbons (Fsp3) is 0.311. The van der Waals surface area contributed by atoms with Crippen molar-refractivity contribution in [2.45, 2.75) is 123 Å². The Labute approximate surface area is 389 Å². The number of nitrogens with zero attached hydrogens (tertiary/aromatic N) is 2. The molecule has 0 radical (unpaired) electrons. The van der Waals surface area contributed by atoms with Crippen LogP contribution in [0.3, 0.4) is 0 Å². The molecule has 0 saturated heterocycles. The molecule has 2 aliphatic heterocycles. The monoisotopic (exact) mass is 862 g/mol. The molecule has 9 aromatic rings. The van der Waals surface area contributed by atoms with Gasteiger partial charge in [-0.05, 0) is 144 Å². The highest BCUT2D eigenvalue weighted by Gasteiger charge is 2.48. The average molecular weight is 863 g/mol. The molecule has 4 heteroatoms. The van der Waals surface area contributed by atoms with E-state index >= 15 is 0 Å². The lowest BCUT2D eigenvalue weighted by molar-refractivity contribution is 0.332. The van der Waals surface area contributed by atoms with Crippen LogP contribution in [0.15, 0.2) is 115 Å². The number of fused-ring (bicyclic) bond motifs is 17. The van der Waals surface area contributed by atoms with Gasteiger partial charge < -0.3 is 9.38 Å². The van der Waals surface area contributed by atoms with Crippen molar-refractivity contribution < 1.29 is 0 Å². The predicted molar refractivity (Wildman–Crippen MR) is 283 cm³/mol. The van der Waals surface area contributed by atoms with Crippen LogP contribution in [-0.2, 0) is 27.1 Å². The van der Waals surface area contributed by atoms with Crippen molar-refractivity contribution in [1.29, 1.82) is 0 Å². The van der Waals surface area contributed by atoms with Gasteiger partial charge in [-0.2, -0.15) is 0 Å². The number of hydrogen-bond acceptors (Lipinski definition) is 2. The average Bonchev–Trinajstić information content (AvgIpc) is 3.89. The van der Waals surface area contributed by atoms with Gasteiger partial charge in [-0.1, -0.05) is 150 Å². The number of rotatable bonds is 1. The van der Waals surface area contributed by atoms with E-state index in [1.54, 1.807) is 0 Å². The van der Waals surface area contributed by atoms with Crippen molar-refractivity contribution >= 4 is 82.5 Å². The Kier molecular flexibility index (Phi) is 7.61. The summed E-state index contributed by atoms with van der Waals surface area (Å²) in [5.41, 5.74) is 23.5. The second-order valence-corrected chi connectivity index (χ2v) is 25.1. The van der Waals surface area contributed by atoms with Crippen molar-refractivity contribution in [2.24, 2.45) is 0 Å². The van der Waals surface area contributed by atoms with Gasteiger partial charge in [0.25, 0.3) is 0 Å². The van der Waals surface area contributed by atoms with Gasteiger partial charge in [-0.3, -0.25) is 0 Å². The second kappa shape index (κ2) is 12.4. The molecule has 0 N–H and O–H groups in total. The first-order valence-corrected chi connectivity index (χ1v) is 24.9. The minimum absolute atomic E-state index is 0.0315. The molecule has 4 aliphatic rings. The van der Waals surface area contributed by atoms with E-state index in [1.165, 1.54) is 138 Å². The summed E-state index contributed by atoms with van der Waals surface area (Å²) in [6.45, 7) is 28.8. The van der Waals surface area contributed by atoms with E-state index in [2.05, 4.69) is 208 Å². The number of thiophene rings is 1. The van der Waals surface area contributed by atoms with Gasteiger partial charge in [-0.25, -0.2) is 0 Å². The molecule has 322 valence electrons. The van der Waals surface area contributed by atoms with E-state index in [0.29, 0.717) is 0 Å². The summed E-state index contributed by atoms with van der Waals surface area (Å²) >= 11 is 2.01. The maximum atomic E-state index is 2.77. The standard InChI is InChI=1S/C61H59BN2S/c1-57(2,3)34-21-24-36(25-22-34)64-49-32-39-37-17-13-15-19-42(37)61(11,12)43(39)30-41(49)51-52-38-18-14-16-20-50(38)65-56(52)53-40-31-44-45(60(9,10)28-27-59(44,7)8)33-48(40)63-47-26-23-35(58(4,5)6)29-46(47)62(64)54(51)55(53)63/h13-26,29-33H,27-28H2,1-12H3. The molecule has 0 fully saturated rings. The topological polar surface area (TPSA) is 8.17 Å². The molecular formula is C61H59BN2S. The number of hydrogen-bond donors (Lipinski definition) is 0. The van der Waals surface area contributed by atoms with Crippen LogP contribution in [0, 0.1) is 0 Å². The lowest BCUT2D eigenvalue weighted by Gasteiger charge is -2.43. The minimum Gasteiger partial charge on any atom is -0.376 e. The second-order valence-electron chi connectivity index (χ2n) is 24.0. The normalized spacial score (nSPS) is 17.4. The summed E-state index contributed by atoms with van der Waals surface area (Å²) in [7, 11) is 0. The highest BCUT2D eigenvalue weighted by atomic mass is 32.1. The molecule has 13 rings (SSSR count). The van der Waals surface area contributed by atoms with Crippen LogP contribution in [0.5, 0.6) is 0 Å². The van der Waals surface area contributed by atoms with Gasteiger partial charge in [0.15, 0.2) is 0 Å². The van der Waals surface area contributed by atoms with E-state index in [4.69, 9.17) is 0 Å². The molecule has 2 nitrogen and oxygen atoms in total. The molecule has 0 unspecified atom stereocenters. The first-order valence-electron chi connectivity index (χ1n) is 24.1. The van der Waals surface area contributed by atoms with Crippen LogP contribution < -0.4 is 15.7 Å². The van der Waals surface area contributed by atoms with Crippen molar-refractivity contribution in [3.05, 3.63) is 149 Å². The van der Waals surface area contributed by atoms with Gasteiger partial charge in [0, 0.05) is 59.0 Å². The highest BCUT2D eigenvalue weighted by molar-refractivity contribution is 7.27. The third-order valence-corrected chi connectivity index (χ3v) is 17.9. The summed E-state index contributed by atoms with van der Waals surface area (Å²) in [5, 5.41) is 5.61. The van der Waals surface area contributed by atoms with Crippen LogP contribution in [-0.4, -0.2) is 11.4 Å². The molecule has 0 amide bonds. The lowest BCUT2D eigenvalue weighted by atomic mass is 9.43. The van der Waals surface area contributed by atoms with Gasteiger partial charge >= 0.3 is 6.85 Å². The van der Waals surface area contributed by atoms with Crippen molar-refractivity contribution in [3.8, 4) is 27.9 Å². The van der Waals surface area contributed by atoms with Crippen LogP contribution in [0.25, 0.3) is 69.9 Å². The predicted octanol–water partition coefficient (Wildman–Crippen LogP) is 15.6. The van der Waals surface area contributed by atoms with Gasteiger partial charge in [0.1, 0.15) is 0 Å². The van der Waals surface area contributed by atoms with Gasteiger partial charge in [-0.15, -0.1) is 11.3 Å². The maximum absolute atomic E-state index is 2.77.